The molecule has 2 amide bonds. The van der Waals surface area contributed by atoms with Crippen molar-refractivity contribution in [2.45, 2.75) is 0 Å². The number of nitrogens with zero attached hydrogens (tertiary/aromatic N) is 1. The molecule has 0 aromatic heterocycles. The minimum absolute atomic E-state index is 0.190. The molecule has 1 fully saturated rings. The van der Waals surface area contributed by atoms with Crippen molar-refractivity contribution in [3.05, 3.63) is 0 Å². The standard InChI is InChI=1S/C3H4N2OS.C3H3NO2/c6-3-4-1-2(7)5-3;5-3-1-4-2-6-3/h1H2,(H2,4,5,6,7);2H,1H2. The fraction of sp³-hybridized carbons (Fsp3) is 0.333. The summed E-state index contributed by atoms with van der Waals surface area (Å²) in [5.41, 5.74) is 0. The van der Waals surface area contributed by atoms with Gasteiger partial charge in [-0.1, -0.05) is 12.2 Å². The van der Waals surface area contributed by atoms with Crippen LogP contribution in [0.4, 0.5) is 4.79 Å². The summed E-state index contributed by atoms with van der Waals surface area (Å²) in [5.74, 6) is -0.269. The number of amides is 2. The number of nitrogens with one attached hydrogen (secondary N) is 2. The monoisotopic (exact) mass is 201 g/mol. The van der Waals surface area contributed by atoms with Crippen LogP contribution in [-0.4, -0.2) is 36.5 Å². The highest BCUT2D eigenvalue weighted by Crippen LogP contribution is 1.83. The highest BCUT2D eigenvalue weighted by molar-refractivity contribution is 7.80. The predicted molar refractivity (Wildman–Crippen MR) is 48.6 cm³/mol. The molecule has 2 heterocycles. The van der Waals surface area contributed by atoms with Gasteiger partial charge in [0.2, 0.25) is 0 Å². The molecule has 0 aromatic rings. The second kappa shape index (κ2) is 4.51. The lowest BCUT2D eigenvalue weighted by Crippen LogP contribution is -2.21. The van der Waals surface area contributed by atoms with E-state index in [1.165, 1.54) is 0 Å². The molecule has 0 aliphatic carbocycles. The molecule has 7 heteroatoms. The van der Waals surface area contributed by atoms with Crippen LogP contribution < -0.4 is 10.6 Å². The van der Waals surface area contributed by atoms with E-state index < -0.39 is 0 Å². The van der Waals surface area contributed by atoms with Gasteiger partial charge in [-0.15, -0.1) is 0 Å². The van der Waals surface area contributed by atoms with Crippen molar-refractivity contribution in [3.8, 4) is 0 Å². The Labute approximate surface area is 79.3 Å². The highest BCUT2D eigenvalue weighted by Gasteiger charge is 2.10. The van der Waals surface area contributed by atoms with E-state index in [4.69, 9.17) is 0 Å². The van der Waals surface area contributed by atoms with Gasteiger partial charge in [-0.05, 0) is 0 Å². The first-order valence-electron chi connectivity index (χ1n) is 3.44. The molecule has 0 saturated carbocycles. The Kier molecular flexibility index (Phi) is 3.32. The predicted octanol–water partition coefficient (Wildman–Crippen LogP) is -0.802. The molecule has 1 saturated heterocycles. The van der Waals surface area contributed by atoms with Crippen LogP contribution >= 0.6 is 12.2 Å². The number of esters is 1. The molecule has 6 nitrogen and oxygen atoms in total. The van der Waals surface area contributed by atoms with Crippen molar-refractivity contribution in [3.63, 3.8) is 0 Å². The van der Waals surface area contributed by atoms with Crippen LogP contribution in [0.5, 0.6) is 0 Å². The molecular weight excluding hydrogens is 194 g/mol. The molecule has 0 spiro atoms. The van der Waals surface area contributed by atoms with E-state index in [2.05, 4.69) is 32.6 Å². The maximum Gasteiger partial charge on any atom is 0.334 e. The van der Waals surface area contributed by atoms with E-state index in [0.717, 1.165) is 6.40 Å². The van der Waals surface area contributed by atoms with E-state index >= 15 is 0 Å². The SMILES string of the molecule is O=C1CN=CO1.O=C1NCC(=S)N1. The summed E-state index contributed by atoms with van der Waals surface area (Å²) in [6, 6.07) is -0.190. The average Bonchev–Trinajstić information content (AvgIpc) is 2.64. The average molecular weight is 201 g/mol. The summed E-state index contributed by atoms with van der Waals surface area (Å²) in [6.07, 6.45) is 1.16. The molecule has 0 atom stereocenters. The van der Waals surface area contributed by atoms with Crippen LogP contribution in [0.15, 0.2) is 4.99 Å². The molecule has 2 rings (SSSR count). The second-order valence-electron chi connectivity index (χ2n) is 2.17. The molecule has 2 aliphatic heterocycles. The molecule has 0 aromatic carbocycles. The summed E-state index contributed by atoms with van der Waals surface area (Å²) in [7, 11) is 0. The van der Waals surface area contributed by atoms with Crippen LogP contribution in [0.1, 0.15) is 0 Å². The number of cyclic esters (lactones) is 1. The third kappa shape index (κ3) is 3.61. The minimum Gasteiger partial charge on any atom is -0.413 e. The number of aliphatic imine (C=N–C) groups is 1. The number of carbonyl (C=O) groups excluding carboxylic acids is 2. The fourth-order valence-corrected chi connectivity index (χ4v) is 0.786. The Morgan fingerprint density at radius 3 is 2.46 bits per heavy atom. The van der Waals surface area contributed by atoms with E-state index in [1.807, 2.05) is 0 Å². The third-order valence-corrected chi connectivity index (χ3v) is 1.39. The number of ether oxygens (including phenoxy) is 1. The van der Waals surface area contributed by atoms with Gasteiger partial charge < -0.3 is 15.4 Å². The van der Waals surface area contributed by atoms with Crippen molar-refractivity contribution in [2.75, 3.05) is 13.1 Å². The number of urea groups is 1. The fourth-order valence-electron chi connectivity index (χ4n) is 0.621. The number of hydrogen-bond donors (Lipinski definition) is 2. The Morgan fingerprint density at radius 2 is 2.31 bits per heavy atom. The van der Waals surface area contributed by atoms with Gasteiger partial charge in [0, 0.05) is 0 Å². The molecule has 0 radical (unpaired) electrons. The van der Waals surface area contributed by atoms with Gasteiger partial charge >= 0.3 is 12.0 Å². The highest BCUT2D eigenvalue weighted by atomic mass is 32.1. The largest absolute Gasteiger partial charge is 0.413 e. The third-order valence-electron chi connectivity index (χ3n) is 1.14. The summed E-state index contributed by atoms with van der Waals surface area (Å²) in [6.45, 7) is 0.689. The zero-order valence-corrected chi connectivity index (χ0v) is 7.39. The molecule has 70 valence electrons. The van der Waals surface area contributed by atoms with Crippen LogP contribution in [0.3, 0.4) is 0 Å². The van der Waals surface area contributed by atoms with Gasteiger partial charge in [-0.3, -0.25) is 0 Å². The smallest absolute Gasteiger partial charge is 0.334 e. The second-order valence-corrected chi connectivity index (χ2v) is 2.66. The molecule has 0 bridgehead atoms. The first-order chi connectivity index (χ1) is 6.18. The van der Waals surface area contributed by atoms with Crippen LogP contribution in [0.25, 0.3) is 0 Å². The zero-order valence-electron chi connectivity index (χ0n) is 6.57. The molecule has 0 unspecified atom stereocenters. The van der Waals surface area contributed by atoms with Crippen LogP contribution in [0, 0.1) is 0 Å². The van der Waals surface area contributed by atoms with E-state index in [-0.39, 0.29) is 18.5 Å². The van der Waals surface area contributed by atoms with Crippen LogP contribution in [0.2, 0.25) is 0 Å². The number of thiocarbonyl (C=S) groups is 1. The normalized spacial score (nSPS) is 18.6. The van der Waals surface area contributed by atoms with Gasteiger partial charge in [0.1, 0.15) is 11.5 Å². The van der Waals surface area contributed by atoms with Crippen molar-refractivity contribution in [1.29, 1.82) is 0 Å². The van der Waals surface area contributed by atoms with E-state index in [9.17, 15) is 9.59 Å². The summed E-state index contributed by atoms with van der Waals surface area (Å²) < 4.78 is 4.22. The quantitative estimate of drug-likeness (QED) is 0.397. The van der Waals surface area contributed by atoms with Crippen molar-refractivity contribution < 1.29 is 14.3 Å². The summed E-state index contributed by atoms with van der Waals surface area (Å²) >= 11 is 4.60. The first kappa shape index (κ1) is 9.59. The van der Waals surface area contributed by atoms with Crippen molar-refractivity contribution in [1.82, 2.24) is 10.6 Å². The Hall–Kier alpha value is -1.50. The van der Waals surface area contributed by atoms with E-state index in [1.54, 1.807) is 0 Å². The zero-order chi connectivity index (χ0) is 9.68. The maximum atomic E-state index is 10.1. The number of rotatable bonds is 0. The Balaban J connectivity index is 0.000000132. The molecule has 13 heavy (non-hydrogen) atoms. The van der Waals surface area contributed by atoms with Gasteiger partial charge in [-0.25, -0.2) is 14.6 Å². The van der Waals surface area contributed by atoms with Gasteiger partial charge in [-0.2, -0.15) is 0 Å². The van der Waals surface area contributed by atoms with Gasteiger partial charge in [0.15, 0.2) is 6.40 Å². The lowest BCUT2D eigenvalue weighted by atomic mass is 10.7. The lowest BCUT2D eigenvalue weighted by molar-refractivity contribution is -0.131. The summed E-state index contributed by atoms with van der Waals surface area (Å²) in [5, 5.41) is 4.88. The maximum absolute atomic E-state index is 10.1. The first-order valence-corrected chi connectivity index (χ1v) is 3.85. The summed E-state index contributed by atoms with van der Waals surface area (Å²) in [4.78, 5) is 24.1. The minimum atomic E-state index is -0.269. The van der Waals surface area contributed by atoms with Crippen LogP contribution in [-0.2, 0) is 9.53 Å². The Bertz CT molecular complexity index is 252. The lowest BCUT2D eigenvalue weighted by Gasteiger charge is -1.81. The number of hydrogen-bond acceptors (Lipinski definition) is 5. The molecular formula is C6H7N3O3S. The van der Waals surface area contributed by atoms with Gasteiger partial charge in [0.25, 0.3) is 0 Å². The molecule has 2 aliphatic rings. The Morgan fingerprint density at radius 1 is 1.54 bits per heavy atom. The van der Waals surface area contributed by atoms with Crippen molar-refractivity contribution in [2.24, 2.45) is 4.99 Å². The van der Waals surface area contributed by atoms with Crippen molar-refractivity contribution >= 4 is 35.6 Å². The van der Waals surface area contributed by atoms with Gasteiger partial charge in [0.05, 0.1) is 6.54 Å². The number of carbonyl (C=O) groups is 2. The molecule has 2 N–H and O–H groups in total. The topological polar surface area (TPSA) is 79.8 Å². The van der Waals surface area contributed by atoms with E-state index in [0.29, 0.717) is 11.5 Å².